The molecular formula is C17H11FN2O. The summed E-state index contributed by atoms with van der Waals surface area (Å²) in [6.07, 6.45) is 3.93. The maximum atomic E-state index is 13.3. The molecule has 0 aliphatic heterocycles. The van der Waals surface area contributed by atoms with Gasteiger partial charge < -0.3 is 8.98 Å². The van der Waals surface area contributed by atoms with E-state index in [0.29, 0.717) is 17.0 Å². The standard InChI is InChI=1S/C17H11FN2O/c18-13-5-3-4-12(10-13)17-19-15-11-14(6-7-16(15)21-17)20-8-1-2-9-20/h1-11H. The number of rotatable bonds is 2. The average molecular weight is 278 g/mol. The molecule has 0 amide bonds. The highest BCUT2D eigenvalue weighted by Crippen LogP contribution is 2.26. The Morgan fingerprint density at radius 2 is 1.81 bits per heavy atom. The Morgan fingerprint density at radius 1 is 0.952 bits per heavy atom. The highest BCUT2D eigenvalue weighted by Gasteiger charge is 2.09. The molecule has 0 radical (unpaired) electrons. The van der Waals surface area contributed by atoms with Gasteiger partial charge in [-0.25, -0.2) is 9.37 Å². The number of hydrogen-bond acceptors (Lipinski definition) is 2. The van der Waals surface area contributed by atoms with Gasteiger partial charge in [-0.1, -0.05) is 6.07 Å². The van der Waals surface area contributed by atoms with E-state index in [9.17, 15) is 4.39 Å². The summed E-state index contributed by atoms with van der Waals surface area (Å²) in [5, 5.41) is 0. The van der Waals surface area contributed by atoms with Crippen molar-refractivity contribution in [3.05, 3.63) is 72.8 Å². The molecule has 0 fully saturated rings. The van der Waals surface area contributed by atoms with Crippen molar-refractivity contribution in [3.8, 4) is 17.1 Å². The molecule has 0 unspecified atom stereocenters. The van der Waals surface area contributed by atoms with Crippen molar-refractivity contribution in [1.29, 1.82) is 0 Å². The highest BCUT2D eigenvalue weighted by atomic mass is 19.1. The third-order valence-electron chi connectivity index (χ3n) is 3.35. The van der Waals surface area contributed by atoms with Crippen LogP contribution in [0.1, 0.15) is 0 Å². The van der Waals surface area contributed by atoms with Gasteiger partial charge in [0.25, 0.3) is 0 Å². The third-order valence-corrected chi connectivity index (χ3v) is 3.35. The van der Waals surface area contributed by atoms with E-state index in [1.54, 1.807) is 12.1 Å². The minimum atomic E-state index is -0.303. The van der Waals surface area contributed by atoms with Crippen LogP contribution in [0.25, 0.3) is 28.2 Å². The van der Waals surface area contributed by atoms with Gasteiger partial charge in [0.15, 0.2) is 5.58 Å². The molecule has 0 N–H and O–H groups in total. The number of nitrogens with zero attached hydrogens (tertiary/aromatic N) is 2. The summed E-state index contributed by atoms with van der Waals surface area (Å²) < 4.78 is 21.0. The molecule has 0 aliphatic rings. The Morgan fingerprint density at radius 3 is 2.62 bits per heavy atom. The van der Waals surface area contributed by atoms with Crippen LogP contribution in [0, 0.1) is 5.82 Å². The average Bonchev–Trinajstić information content (AvgIpc) is 3.16. The van der Waals surface area contributed by atoms with Gasteiger partial charge in [0.2, 0.25) is 5.89 Å². The summed E-state index contributed by atoms with van der Waals surface area (Å²) in [6.45, 7) is 0. The molecule has 0 aliphatic carbocycles. The zero-order chi connectivity index (χ0) is 14.2. The van der Waals surface area contributed by atoms with Gasteiger partial charge in [-0.05, 0) is 48.5 Å². The van der Waals surface area contributed by atoms with Gasteiger partial charge in [-0.3, -0.25) is 0 Å². The fraction of sp³-hybridized carbons (Fsp3) is 0. The second kappa shape index (κ2) is 4.59. The minimum Gasteiger partial charge on any atom is -0.436 e. The first kappa shape index (κ1) is 11.9. The molecule has 0 bridgehead atoms. The predicted molar refractivity (Wildman–Crippen MR) is 78.7 cm³/mol. The number of aromatic nitrogens is 2. The molecule has 21 heavy (non-hydrogen) atoms. The van der Waals surface area contributed by atoms with E-state index < -0.39 is 0 Å². The van der Waals surface area contributed by atoms with Gasteiger partial charge in [-0.15, -0.1) is 0 Å². The number of oxazole rings is 1. The van der Waals surface area contributed by atoms with Gasteiger partial charge in [0.1, 0.15) is 11.3 Å². The van der Waals surface area contributed by atoms with E-state index in [2.05, 4.69) is 4.98 Å². The van der Waals surface area contributed by atoms with Crippen molar-refractivity contribution in [2.45, 2.75) is 0 Å². The highest BCUT2D eigenvalue weighted by molar-refractivity contribution is 5.78. The van der Waals surface area contributed by atoms with Gasteiger partial charge in [-0.2, -0.15) is 0 Å². The first-order valence-electron chi connectivity index (χ1n) is 6.59. The van der Waals surface area contributed by atoms with Crippen LogP contribution in [0.3, 0.4) is 0 Å². The van der Waals surface area contributed by atoms with Crippen LogP contribution in [0.15, 0.2) is 71.4 Å². The lowest BCUT2D eigenvalue weighted by atomic mass is 10.2. The summed E-state index contributed by atoms with van der Waals surface area (Å²) in [4.78, 5) is 4.45. The van der Waals surface area contributed by atoms with Crippen LogP contribution in [-0.2, 0) is 0 Å². The number of halogens is 1. The monoisotopic (exact) mass is 278 g/mol. The lowest BCUT2D eigenvalue weighted by Gasteiger charge is -2.00. The number of fused-ring (bicyclic) bond motifs is 1. The molecule has 2 aromatic carbocycles. The van der Waals surface area contributed by atoms with E-state index in [-0.39, 0.29) is 5.82 Å². The van der Waals surface area contributed by atoms with Gasteiger partial charge >= 0.3 is 0 Å². The van der Waals surface area contributed by atoms with Crippen LogP contribution in [-0.4, -0.2) is 9.55 Å². The SMILES string of the molecule is Fc1cccc(-c2nc3cc(-n4cccc4)ccc3o2)c1. The molecule has 4 heteroatoms. The molecule has 0 saturated carbocycles. The Kier molecular flexibility index (Phi) is 2.60. The topological polar surface area (TPSA) is 31.0 Å². The summed E-state index contributed by atoms with van der Waals surface area (Å²) in [5.41, 5.74) is 3.07. The van der Waals surface area contributed by atoms with Crippen molar-refractivity contribution >= 4 is 11.1 Å². The van der Waals surface area contributed by atoms with Crippen molar-refractivity contribution in [1.82, 2.24) is 9.55 Å². The van der Waals surface area contributed by atoms with Crippen molar-refractivity contribution in [2.24, 2.45) is 0 Å². The van der Waals surface area contributed by atoms with E-state index >= 15 is 0 Å². The van der Waals surface area contributed by atoms with E-state index in [4.69, 9.17) is 4.42 Å². The second-order valence-corrected chi connectivity index (χ2v) is 4.77. The third kappa shape index (κ3) is 2.10. The smallest absolute Gasteiger partial charge is 0.227 e. The van der Waals surface area contributed by atoms with Crippen LogP contribution in [0.2, 0.25) is 0 Å². The quantitative estimate of drug-likeness (QED) is 0.543. The van der Waals surface area contributed by atoms with E-state index in [1.807, 2.05) is 47.3 Å². The zero-order valence-electron chi connectivity index (χ0n) is 11.0. The molecule has 0 atom stereocenters. The Hall–Kier alpha value is -2.88. The Bertz CT molecular complexity index is 910. The molecule has 4 aromatic rings. The van der Waals surface area contributed by atoms with Gasteiger partial charge in [0, 0.05) is 23.6 Å². The number of benzene rings is 2. The summed E-state index contributed by atoms with van der Waals surface area (Å²) in [7, 11) is 0. The van der Waals surface area contributed by atoms with Crippen LogP contribution >= 0.6 is 0 Å². The molecule has 0 spiro atoms. The zero-order valence-corrected chi connectivity index (χ0v) is 11.0. The molecule has 0 saturated heterocycles. The van der Waals surface area contributed by atoms with E-state index in [0.717, 1.165) is 11.2 Å². The van der Waals surface area contributed by atoms with Crippen molar-refractivity contribution < 1.29 is 8.81 Å². The Balaban J connectivity index is 1.83. The predicted octanol–water partition coefficient (Wildman–Crippen LogP) is 4.42. The van der Waals surface area contributed by atoms with Crippen LogP contribution in [0.5, 0.6) is 0 Å². The fourth-order valence-corrected chi connectivity index (χ4v) is 2.33. The molecule has 2 heterocycles. The molecule has 2 aromatic heterocycles. The molecule has 4 rings (SSSR count). The fourth-order valence-electron chi connectivity index (χ4n) is 2.33. The minimum absolute atomic E-state index is 0.303. The van der Waals surface area contributed by atoms with Crippen molar-refractivity contribution in [3.63, 3.8) is 0 Å². The molecule has 102 valence electrons. The van der Waals surface area contributed by atoms with Crippen LogP contribution in [0.4, 0.5) is 4.39 Å². The second-order valence-electron chi connectivity index (χ2n) is 4.77. The van der Waals surface area contributed by atoms with E-state index in [1.165, 1.54) is 12.1 Å². The Labute approximate surface area is 120 Å². The lowest BCUT2D eigenvalue weighted by molar-refractivity contribution is 0.611. The maximum Gasteiger partial charge on any atom is 0.227 e. The lowest BCUT2D eigenvalue weighted by Crippen LogP contribution is -1.88. The summed E-state index contributed by atoms with van der Waals surface area (Å²) in [5.74, 6) is 0.122. The summed E-state index contributed by atoms with van der Waals surface area (Å²) in [6, 6.07) is 15.9. The normalized spacial score (nSPS) is 11.1. The van der Waals surface area contributed by atoms with Gasteiger partial charge in [0.05, 0.1) is 0 Å². The van der Waals surface area contributed by atoms with Crippen LogP contribution < -0.4 is 0 Å². The first-order chi connectivity index (χ1) is 10.3. The van der Waals surface area contributed by atoms with Crippen molar-refractivity contribution in [2.75, 3.05) is 0 Å². The largest absolute Gasteiger partial charge is 0.436 e. The molecular weight excluding hydrogens is 267 g/mol. The number of hydrogen-bond donors (Lipinski definition) is 0. The maximum absolute atomic E-state index is 13.3. The molecule has 3 nitrogen and oxygen atoms in total. The summed E-state index contributed by atoms with van der Waals surface area (Å²) >= 11 is 0. The first-order valence-corrected chi connectivity index (χ1v) is 6.59.